The van der Waals surface area contributed by atoms with Crippen LogP contribution in [0.25, 0.3) is 10.9 Å². The van der Waals surface area contributed by atoms with Crippen LogP contribution in [0.2, 0.25) is 0 Å². The normalized spacial score (nSPS) is 17.6. The number of rotatable bonds is 3. The van der Waals surface area contributed by atoms with Crippen LogP contribution < -0.4 is 10.5 Å². The van der Waals surface area contributed by atoms with Gasteiger partial charge in [0, 0.05) is 22.6 Å². The molecule has 0 radical (unpaired) electrons. The van der Waals surface area contributed by atoms with E-state index < -0.39 is 0 Å². The first-order valence-corrected chi connectivity index (χ1v) is 5.63. The second-order valence-corrected chi connectivity index (χ2v) is 4.78. The van der Waals surface area contributed by atoms with Crippen LogP contribution in [0.4, 0.5) is 0 Å². The number of fused-ring (bicyclic) bond motifs is 1. The van der Waals surface area contributed by atoms with Crippen LogP contribution in [0.5, 0.6) is 5.75 Å². The van der Waals surface area contributed by atoms with Crippen molar-refractivity contribution < 1.29 is 4.74 Å². The van der Waals surface area contributed by atoms with Crippen LogP contribution in [0.15, 0.2) is 24.4 Å². The second kappa shape index (κ2) is 3.25. The summed E-state index contributed by atoms with van der Waals surface area (Å²) in [5, 5.41) is 1.13. The zero-order valence-electron chi connectivity index (χ0n) is 9.42. The van der Waals surface area contributed by atoms with Crippen molar-refractivity contribution in [3.8, 4) is 5.75 Å². The van der Waals surface area contributed by atoms with E-state index in [2.05, 4.69) is 17.1 Å². The Morgan fingerprint density at radius 2 is 2.25 bits per heavy atom. The average molecular weight is 216 g/mol. The summed E-state index contributed by atoms with van der Waals surface area (Å²) in [6.45, 7) is 0. The fourth-order valence-corrected chi connectivity index (χ4v) is 2.20. The Hall–Kier alpha value is -1.48. The highest BCUT2D eigenvalue weighted by Gasteiger charge is 2.38. The first-order chi connectivity index (χ1) is 7.70. The van der Waals surface area contributed by atoms with Gasteiger partial charge in [-0.05, 0) is 43.0 Å². The van der Waals surface area contributed by atoms with Crippen molar-refractivity contribution in [3.63, 3.8) is 0 Å². The molecule has 3 heteroatoms. The molecule has 0 amide bonds. The number of ether oxygens (including phenoxy) is 1. The zero-order chi connectivity index (χ0) is 11.2. The Balaban J connectivity index is 2.04. The molecule has 1 aromatic heterocycles. The van der Waals surface area contributed by atoms with E-state index in [1.54, 1.807) is 7.11 Å². The van der Waals surface area contributed by atoms with Gasteiger partial charge in [-0.25, -0.2) is 0 Å². The van der Waals surface area contributed by atoms with Gasteiger partial charge in [0.15, 0.2) is 0 Å². The lowest BCUT2D eigenvalue weighted by molar-refractivity contribution is 0.419. The predicted molar refractivity (Wildman–Crippen MR) is 64.7 cm³/mol. The topological polar surface area (TPSA) is 51.0 Å². The number of nitrogens with two attached hydrogens (primary N) is 1. The highest BCUT2D eigenvalue weighted by Crippen LogP contribution is 2.37. The summed E-state index contributed by atoms with van der Waals surface area (Å²) in [6, 6.07) is 6.31. The molecule has 1 saturated carbocycles. The van der Waals surface area contributed by atoms with Gasteiger partial charge >= 0.3 is 0 Å². The minimum Gasteiger partial charge on any atom is -0.496 e. The summed E-state index contributed by atoms with van der Waals surface area (Å²) in [6.07, 6.45) is 5.15. The van der Waals surface area contributed by atoms with E-state index in [-0.39, 0.29) is 5.54 Å². The van der Waals surface area contributed by atoms with Crippen molar-refractivity contribution in [1.29, 1.82) is 0 Å². The molecule has 0 spiro atoms. The van der Waals surface area contributed by atoms with Crippen LogP contribution >= 0.6 is 0 Å². The molecule has 0 atom stereocenters. The van der Waals surface area contributed by atoms with Crippen molar-refractivity contribution in [2.24, 2.45) is 5.73 Å². The Morgan fingerprint density at radius 3 is 2.94 bits per heavy atom. The van der Waals surface area contributed by atoms with E-state index in [1.165, 1.54) is 5.56 Å². The fourth-order valence-electron chi connectivity index (χ4n) is 2.20. The van der Waals surface area contributed by atoms with Gasteiger partial charge in [0.2, 0.25) is 0 Å². The lowest BCUT2D eigenvalue weighted by atomic mass is 10.0. The molecule has 0 aliphatic heterocycles. The van der Waals surface area contributed by atoms with E-state index in [1.807, 2.05) is 12.3 Å². The van der Waals surface area contributed by atoms with Gasteiger partial charge < -0.3 is 15.5 Å². The van der Waals surface area contributed by atoms with Crippen molar-refractivity contribution >= 4 is 10.9 Å². The maximum absolute atomic E-state index is 6.14. The van der Waals surface area contributed by atoms with E-state index in [0.29, 0.717) is 0 Å². The number of aromatic amines is 1. The molecule has 1 aliphatic carbocycles. The molecule has 1 aliphatic rings. The smallest absolute Gasteiger partial charge is 0.128 e. The first kappa shape index (κ1) is 9.73. The van der Waals surface area contributed by atoms with Crippen LogP contribution in [0.3, 0.4) is 0 Å². The number of aromatic nitrogens is 1. The van der Waals surface area contributed by atoms with Gasteiger partial charge in [-0.1, -0.05) is 0 Å². The zero-order valence-corrected chi connectivity index (χ0v) is 9.42. The Bertz CT molecular complexity index is 526. The maximum Gasteiger partial charge on any atom is 0.128 e. The molecule has 0 saturated heterocycles. The van der Waals surface area contributed by atoms with Crippen molar-refractivity contribution in [2.45, 2.75) is 24.8 Å². The highest BCUT2D eigenvalue weighted by atomic mass is 16.5. The van der Waals surface area contributed by atoms with E-state index in [4.69, 9.17) is 10.5 Å². The molecule has 3 nitrogen and oxygen atoms in total. The minimum absolute atomic E-state index is 0.0469. The predicted octanol–water partition coefficient (Wildman–Crippen LogP) is 2.21. The fraction of sp³-hybridized carbons (Fsp3) is 0.385. The molecule has 0 unspecified atom stereocenters. The second-order valence-electron chi connectivity index (χ2n) is 4.78. The number of hydrogen-bond acceptors (Lipinski definition) is 2. The Morgan fingerprint density at radius 1 is 1.44 bits per heavy atom. The molecular weight excluding hydrogens is 200 g/mol. The quantitative estimate of drug-likeness (QED) is 0.826. The van der Waals surface area contributed by atoms with Gasteiger partial charge in [-0.2, -0.15) is 0 Å². The lowest BCUT2D eigenvalue weighted by Gasteiger charge is -2.10. The summed E-state index contributed by atoms with van der Waals surface area (Å²) in [4.78, 5) is 3.22. The molecule has 1 fully saturated rings. The summed E-state index contributed by atoms with van der Waals surface area (Å²) in [5.74, 6) is 0.929. The van der Waals surface area contributed by atoms with Crippen molar-refractivity contribution in [3.05, 3.63) is 30.0 Å². The monoisotopic (exact) mass is 216 g/mol. The number of benzene rings is 1. The van der Waals surface area contributed by atoms with Crippen molar-refractivity contribution in [1.82, 2.24) is 4.98 Å². The van der Waals surface area contributed by atoms with Crippen LogP contribution in [0.1, 0.15) is 18.4 Å². The third kappa shape index (κ3) is 1.57. The van der Waals surface area contributed by atoms with Gasteiger partial charge in [-0.15, -0.1) is 0 Å². The van der Waals surface area contributed by atoms with Gasteiger partial charge in [-0.3, -0.25) is 0 Å². The summed E-state index contributed by atoms with van der Waals surface area (Å²) < 4.78 is 5.40. The van der Waals surface area contributed by atoms with Gasteiger partial charge in [0.25, 0.3) is 0 Å². The molecule has 84 valence electrons. The Labute approximate surface area is 94.6 Å². The average Bonchev–Trinajstić information content (AvgIpc) is 2.80. The molecule has 1 aromatic carbocycles. The molecule has 2 aromatic rings. The molecular formula is C13H16N2O. The first-order valence-electron chi connectivity index (χ1n) is 5.63. The summed E-state index contributed by atoms with van der Waals surface area (Å²) in [7, 11) is 1.71. The van der Waals surface area contributed by atoms with Gasteiger partial charge in [0.1, 0.15) is 5.75 Å². The minimum atomic E-state index is 0.0469. The maximum atomic E-state index is 6.14. The van der Waals surface area contributed by atoms with E-state index in [0.717, 1.165) is 35.9 Å². The molecule has 3 N–H and O–H groups in total. The highest BCUT2D eigenvalue weighted by molar-refractivity contribution is 5.86. The Kier molecular flexibility index (Phi) is 1.98. The molecule has 16 heavy (non-hydrogen) atoms. The van der Waals surface area contributed by atoms with Gasteiger partial charge in [0.05, 0.1) is 7.11 Å². The van der Waals surface area contributed by atoms with Crippen LogP contribution in [0, 0.1) is 0 Å². The van der Waals surface area contributed by atoms with Crippen LogP contribution in [-0.4, -0.2) is 17.6 Å². The number of nitrogens with one attached hydrogen (secondary N) is 1. The molecule has 1 heterocycles. The summed E-state index contributed by atoms with van der Waals surface area (Å²) >= 11 is 0. The number of hydrogen-bond donors (Lipinski definition) is 2. The molecule has 0 bridgehead atoms. The molecule has 3 rings (SSSR count). The number of methoxy groups -OCH3 is 1. The van der Waals surface area contributed by atoms with E-state index >= 15 is 0 Å². The summed E-state index contributed by atoms with van der Waals surface area (Å²) in [5.41, 5.74) is 8.57. The lowest BCUT2D eigenvalue weighted by Crippen LogP contribution is -2.24. The standard InChI is InChI=1S/C13H16N2O/c1-16-12-7-9(8-13(14)3-4-13)6-11-10(12)2-5-15-11/h2,5-7,15H,3-4,8,14H2,1H3. The SMILES string of the molecule is COc1cc(CC2(N)CC2)cc2[nH]ccc12. The third-order valence-corrected chi connectivity index (χ3v) is 3.36. The largest absolute Gasteiger partial charge is 0.496 e. The van der Waals surface area contributed by atoms with Crippen molar-refractivity contribution in [2.75, 3.05) is 7.11 Å². The van der Waals surface area contributed by atoms with E-state index in [9.17, 15) is 0 Å². The third-order valence-electron chi connectivity index (χ3n) is 3.36. The number of H-pyrrole nitrogens is 1. The van der Waals surface area contributed by atoms with Crippen LogP contribution in [-0.2, 0) is 6.42 Å².